The van der Waals surface area contributed by atoms with E-state index in [0.29, 0.717) is 22.4 Å². The van der Waals surface area contributed by atoms with Crippen LogP contribution in [0.25, 0.3) is 11.3 Å². The molecule has 0 unspecified atom stereocenters. The van der Waals surface area contributed by atoms with Crippen molar-refractivity contribution in [2.75, 3.05) is 11.9 Å². The molecule has 1 N–H and O–H groups in total. The summed E-state index contributed by atoms with van der Waals surface area (Å²) in [7, 11) is 0. The molecule has 154 valence electrons. The normalized spacial score (nSPS) is 10.9. The average Bonchev–Trinajstić information content (AvgIpc) is 3.21. The maximum Gasteiger partial charge on any atom is 0.264 e. The molecule has 0 atom stereocenters. The van der Waals surface area contributed by atoms with Gasteiger partial charge in [-0.3, -0.25) is 10.1 Å². The van der Waals surface area contributed by atoms with Gasteiger partial charge in [0.05, 0.1) is 18.1 Å². The number of benzene rings is 3. The van der Waals surface area contributed by atoms with Crippen molar-refractivity contribution in [1.82, 2.24) is 9.66 Å². The van der Waals surface area contributed by atoms with Gasteiger partial charge in [0.2, 0.25) is 5.95 Å². The molecule has 1 heterocycles. The molecule has 0 saturated carbocycles. The van der Waals surface area contributed by atoms with Crippen LogP contribution in [0.4, 0.5) is 5.95 Å². The lowest BCUT2D eigenvalue weighted by atomic mass is 10.2. The molecule has 0 fully saturated rings. The molecule has 31 heavy (non-hydrogen) atoms. The van der Waals surface area contributed by atoms with Gasteiger partial charge in [0.25, 0.3) is 5.91 Å². The van der Waals surface area contributed by atoms with Crippen molar-refractivity contribution in [2.24, 2.45) is 5.10 Å². The molecule has 0 spiro atoms. The number of nitrogens with one attached hydrogen (secondary N) is 1. The zero-order valence-corrected chi connectivity index (χ0v) is 17.2. The van der Waals surface area contributed by atoms with Gasteiger partial charge in [-0.2, -0.15) is 5.10 Å². The van der Waals surface area contributed by atoms with Crippen LogP contribution in [0.1, 0.15) is 5.56 Å². The number of hydrogen-bond donors (Lipinski definition) is 1. The van der Waals surface area contributed by atoms with Gasteiger partial charge in [0.1, 0.15) is 5.75 Å². The summed E-state index contributed by atoms with van der Waals surface area (Å²) < 4.78 is 7.05. The molecule has 0 saturated heterocycles. The Balaban J connectivity index is 1.52. The molecule has 1 amide bonds. The second-order valence-electron chi connectivity index (χ2n) is 6.61. The second kappa shape index (κ2) is 9.73. The topological polar surface area (TPSA) is 68.5 Å². The number of anilines is 1. The summed E-state index contributed by atoms with van der Waals surface area (Å²) in [5.74, 6) is 0.502. The highest BCUT2D eigenvalue weighted by Gasteiger charge is 2.13. The average molecular weight is 431 g/mol. The van der Waals surface area contributed by atoms with Gasteiger partial charge in [-0.1, -0.05) is 72.3 Å². The monoisotopic (exact) mass is 430 g/mol. The van der Waals surface area contributed by atoms with Crippen LogP contribution in [0.3, 0.4) is 0 Å². The number of imidazole rings is 1. The molecule has 0 aliphatic carbocycles. The zero-order valence-electron chi connectivity index (χ0n) is 16.5. The lowest BCUT2D eigenvalue weighted by Gasteiger charge is -2.07. The minimum absolute atomic E-state index is 0.169. The number of amides is 1. The molecule has 0 radical (unpaired) electrons. The third kappa shape index (κ3) is 5.58. The van der Waals surface area contributed by atoms with Crippen LogP contribution in [0.5, 0.6) is 5.75 Å². The molecular weight excluding hydrogens is 412 g/mol. The van der Waals surface area contributed by atoms with Crippen LogP contribution in [-0.4, -0.2) is 28.4 Å². The van der Waals surface area contributed by atoms with E-state index in [0.717, 1.165) is 11.1 Å². The smallest absolute Gasteiger partial charge is 0.264 e. The van der Waals surface area contributed by atoms with E-state index in [1.807, 2.05) is 60.7 Å². The molecule has 0 aliphatic heterocycles. The van der Waals surface area contributed by atoms with Gasteiger partial charge in [-0.25, -0.2) is 9.66 Å². The summed E-state index contributed by atoms with van der Waals surface area (Å²) in [5.41, 5.74) is 2.55. The van der Waals surface area contributed by atoms with Crippen molar-refractivity contribution in [3.05, 3.63) is 102 Å². The lowest BCUT2D eigenvalue weighted by molar-refractivity contribution is -0.118. The first-order valence-corrected chi connectivity index (χ1v) is 9.97. The number of nitrogens with zero attached hydrogens (tertiary/aromatic N) is 3. The number of rotatable bonds is 7. The fourth-order valence-corrected chi connectivity index (χ4v) is 2.93. The van der Waals surface area contributed by atoms with E-state index in [4.69, 9.17) is 16.3 Å². The third-order valence-electron chi connectivity index (χ3n) is 4.32. The Hall–Kier alpha value is -3.90. The van der Waals surface area contributed by atoms with Crippen molar-refractivity contribution in [2.45, 2.75) is 0 Å². The molecule has 3 aromatic carbocycles. The summed E-state index contributed by atoms with van der Waals surface area (Å²) in [5, 5.41) is 7.83. The molecule has 6 nitrogen and oxygen atoms in total. The Kier molecular flexibility index (Phi) is 6.40. The van der Waals surface area contributed by atoms with E-state index in [1.165, 1.54) is 4.68 Å². The van der Waals surface area contributed by atoms with Gasteiger partial charge in [-0.05, 0) is 29.8 Å². The summed E-state index contributed by atoms with van der Waals surface area (Å²) in [6, 6.07) is 26.2. The minimum atomic E-state index is -0.351. The van der Waals surface area contributed by atoms with Crippen molar-refractivity contribution in [3.63, 3.8) is 0 Å². The molecular formula is C24H19ClN4O2. The van der Waals surface area contributed by atoms with Crippen molar-refractivity contribution in [3.8, 4) is 17.0 Å². The Labute approximate surface area is 184 Å². The van der Waals surface area contributed by atoms with Crippen LogP contribution >= 0.6 is 11.6 Å². The number of hydrogen-bond acceptors (Lipinski definition) is 4. The first kappa shape index (κ1) is 20.4. The Morgan fingerprint density at radius 3 is 2.39 bits per heavy atom. The van der Waals surface area contributed by atoms with Crippen LogP contribution in [-0.2, 0) is 4.79 Å². The van der Waals surface area contributed by atoms with E-state index in [2.05, 4.69) is 15.4 Å². The Morgan fingerprint density at radius 2 is 1.68 bits per heavy atom. The number of aromatic nitrogens is 2. The second-order valence-corrected chi connectivity index (χ2v) is 7.04. The fourth-order valence-electron chi connectivity index (χ4n) is 2.80. The van der Waals surface area contributed by atoms with Crippen LogP contribution in [0.15, 0.2) is 96.2 Å². The van der Waals surface area contributed by atoms with Crippen LogP contribution < -0.4 is 10.1 Å². The summed E-state index contributed by atoms with van der Waals surface area (Å²) in [4.78, 5) is 17.0. The van der Waals surface area contributed by atoms with E-state index in [1.54, 1.807) is 36.7 Å². The molecule has 1 aromatic heterocycles. The Morgan fingerprint density at radius 1 is 1.00 bits per heavy atom. The van der Waals surface area contributed by atoms with Crippen LogP contribution in [0, 0.1) is 0 Å². The molecule has 0 bridgehead atoms. The van der Waals surface area contributed by atoms with E-state index in [9.17, 15) is 4.79 Å². The fraction of sp³-hybridized carbons (Fsp3) is 0.0417. The lowest BCUT2D eigenvalue weighted by Crippen LogP contribution is -2.22. The first-order valence-electron chi connectivity index (χ1n) is 9.60. The number of halogens is 1. The molecule has 7 heteroatoms. The SMILES string of the molecule is O=C(COc1ccc(Cl)cc1)Nc1nc(-c2ccccc2)cn1N=Cc1ccccc1. The largest absolute Gasteiger partial charge is 0.484 e. The summed E-state index contributed by atoms with van der Waals surface area (Å²) in [6.07, 6.45) is 3.47. The quantitative estimate of drug-likeness (QED) is 0.414. The Bertz CT molecular complexity index is 1170. The molecule has 4 rings (SSSR count). The molecule has 4 aromatic rings. The van der Waals surface area contributed by atoms with E-state index >= 15 is 0 Å². The standard InChI is InChI=1S/C24H19ClN4O2/c25-20-11-13-21(14-12-20)31-17-23(30)28-24-27-22(19-9-5-2-6-10-19)16-29(24)26-15-18-7-3-1-4-8-18/h1-16H,17H2,(H,27,28,30). The van der Waals surface area contributed by atoms with Crippen molar-refractivity contribution >= 4 is 29.7 Å². The van der Waals surface area contributed by atoms with Gasteiger partial charge in [0.15, 0.2) is 6.61 Å². The zero-order chi connectivity index (χ0) is 21.5. The number of ether oxygens (including phenoxy) is 1. The first-order chi connectivity index (χ1) is 15.2. The van der Waals surface area contributed by atoms with E-state index in [-0.39, 0.29) is 12.5 Å². The predicted molar refractivity (Wildman–Crippen MR) is 123 cm³/mol. The summed E-state index contributed by atoms with van der Waals surface area (Å²) in [6.45, 7) is -0.169. The summed E-state index contributed by atoms with van der Waals surface area (Å²) >= 11 is 5.87. The predicted octanol–water partition coefficient (Wildman–Crippen LogP) is 5.10. The molecule has 0 aliphatic rings. The minimum Gasteiger partial charge on any atom is -0.484 e. The highest BCUT2D eigenvalue weighted by atomic mass is 35.5. The van der Waals surface area contributed by atoms with E-state index < -0.39 is 0 Å². The van der Waals surface area contributed by atoms with Crippen molar-refractivity contribution in [1.29, 1.82) is 0 Å². The van der Waals surface area contributed by atoms with Gasteiger partial charge in [-0.15, -0.1) is 0 Å². The number of carbonyl (C=O) groups excluding carboxylic acids is 1. The maximum atomic E-state index is 12.5. The van der Waals surface area contributed by atoms with Crippen LogP contribution in [0.2, 0.25) is 5.02 Å². The van der Waals surface area contributed by atoms with Gasteiger partial charge in [0, 0.05) is 10.6 Å². The maximum absolute atomic E-state index is 12.5. The van der Waals surface area contributed by atoms with Gasteiger partial charge < -0.3 is 4.74 Å². The number of carbonyl (C=O) groups is 1. The highest BCUT2D eigenvalue weighted by Crippen LogP contribution is 2.21. The van der Waals surface area contributed by atoms with Gasteiger partial charge >= 0.3 is 0 Å². The highest BCUT2D eigenvalue weighted by molar-refractivity contribution is 6.30. The third-order valence-corrected chi connectivity index (χ3v) is 4.58. The van der Waals surface area contributed by atoms with Crippen molar-refractivity contribution < 1.29 is 9.53 Å².